The van der Waals surface area contributed by atoms with Crippen LogP contribution in [0.5, 0.6) is 0 Å². The van der Waals surface area contributed by atoms with Crippen molar-refractivity contribution in [2.75, 3.05) is 13.2 Å². The van der Waals surface area contributed by atoms with E-state index in [1.807, 2.05) is 0 Å². The summed E-state index contributed by atoms with van der Waals surface area (Å²) in [6, 6.07) is 0. The van der Waals surface area contributed by atoms with Crippen LogP contribution >= 0.6 is 0 Å². The Bertz CT molecular complexity index is 1700. The number of carboxylic acids is 1. The monoisotopic (exact) mass is 1110 g/mol. The van der Waals surface area contributed by atoms with E-state index in [-0.39, 0.29) is 25.9 Å². The minimum atomic E-state index is -1.91. The van der Waals surface area contributed by atoms with Gasteiger partial charge < -0.3 is 39.0 Å². The highest BCUT2D eigenvalue weighted by Crippen LogP contribution is 2.26. The molecule has 0 aliphatic carbocycles. The minimum Gasteiger partial charge on any atom is -0.479 e. The number of aliphatic carboxylic acids is 1. The van der Waals surface area contributed by atoms with E-state index in [2.05, 4.69) is 106 Å². The summed E-state index contributed by atoms with van der Waals surface area (Å²) >= 11 is 0. The number of rotatable bonds is 53. The first-order chi connectivity index (χ1) is 38.6. The van der Waals surface area contributed by atoms with Crippen LogP contribution in [-0.2, 0) is 42.9 Å². The van der Waals surface area contributed by atoms with Crippen molar-refractivity contribution in [3.63, 3.8) is 0 Å². The fourth-order valence-electron chi connectivity index (χ4n) is 9.20. The Labute approximate surface area is 480 Å². The second-order valence-corrected chi connectivity index (χ2v) is 21.3. The van der Waals surface area contributed by atoms with Gasteiger partial charge in [0.1, 0.15) is 18.8 Å². The van der Waals surface area contributed by atoms with E-state index in [0.717, 1.165) is 148 Å². The van der Waals surface area contributed by atoms with Crippen LogP contribution in [0.1, 0.15) is 265 Å². The number of carboxylic acid groups (broad SMARTS) is 1. The molecule has 3 N–H and O–H groups in total. The van der Waals surface area contributed by atoms with Crippen LogP contribution < -0.4 is 0 Å². The summed E-state index contributed by atoms with van der Waals surface area (Å²) in [5.41, 5.74) is 0. The molecule has 1 rings (SSSR count). The van der Waals surface area contributed by atoms with Crippen molar-refractivity contribution in [3.05, 3.63) is 85.1 Å². The molecule has 1 saturated heterocycles. The standard InChI is InChI=1S/C67H112O12/c1-4-7-10-13-16-19-22-25-27-29-30-32-33-36-38-41-44-47-50-53-59(68)75-56-58(77-60(69)54-51-48-45-42-39-35-24-21-18-15-12-9-6-3)57-76-67-65(63(72)62(71)64(79-67)66(73)74)78-61(70)55-52-49-46-43-40-37-34-31-28-26-23-20-17-14-11-8-5-2/h7-8,10-11,16-17,19-20,25-28,30,32,58,62-65,67,71-72H,4-6,9,12-15,18,21-24,29,31,33-57H2,1-3H3,(H,73,74)/b10-7-,11-8-,19-16-,20-17-,27-25-,28-26-,32-30-. The number of allylic oxidation sites excluding steroid dienone is 14. The van der Waals surface area contributed by atoms with Crippen LogP contribution in [0.25, 0.3) is 0 Å². The smallest absolute Gasteiger partial charge is 0.335 e. The number of aliphatic hydroxyl groups is 2. The summed E-state index contributed by atoms with van der Waals surface area (Å²) in [7, 11) is 0. The molecule has 0 aromatic rings. The lowest BCUT2D eigenvalue weighted by atomic mass is 9.98. The number of hydrogen-bond acceptors (Lipinski definition) is 11. The first-order valence-electron chi connectivity index (χ1n) is 31.6. The lowest BCUT2D eigenvalue weighted by Crippen LogP contribution is -2.61. The first kappa shape index (κ1) is 72.9. The maximum absolute atomic E-state index is 13.2. The van der Waals surface area contributed by atoms with Crippen LogP contribution in [0.3, 0.4) is 0 Å². The zero-order valence-electron chi connectivity index (χ0n) is 49.8. The predicted molar refractivity (Wildman–Crippen MR) is 321 cm³/mol. The van der Waals surface area contributed by atoms with Gasteiger partial charge >= 0.3 is 23.9 Å². The van der Waals surface area contributed by atoms with Crippen molar-refractivity contribution < 1.29 is 58.2 Å². The topological polar surface area (TPSA) is 175 Å². The van der Waals surface area contributed by atoms with Gasteiger partial charge in [-0.05, 0) is 89.9 Å². The van der Waals surface area contributed by atoms with Crippen LogP contribution in [0, 0.1) is 0 Å². The molecular weight excluding hydrogens is 997 g/mol. The maximum atomic E-state index is 13.2. The molecule has 0 bridgehead atoms. The van der Waals surface area contributed by atoms with E-state index in [4.69, 9.17) is 23.7 Å². The SMILES string of the molecule is CC/C=C\C/C=C\C/C=C\C/C=C\CCCCCCCCC(=O)OCC(COC1OC(C(=O)O)C(O)C(O)C1OC(=O)CCCCCCCCC/C=C\C/C=C\C/C=C\CC)OC(=O)CCCCCCCCCCCCCCC. The molecule has 12 nitrogen and oxygen atoms in total. The van der Waals surface area contributed by atoms with Crippen LogP contribution in [0.2, 0.25) is 0 Å². The molecule has 1 fully saturated rings. The number of carbonyl (C=O) groups excluding carboxylic acids is 3. The Morgan fingerprint density at radius 2 is 0.797 bits per heavy atom. The van der Waals surface area contributed by atoms with Crippen LogP contribution in [0.4, 0.5) is 0 Å². The molecule has 79 heavy (non-hydrogen) atoms. The zero-order valence-corrected chi connectivity index (χ0v) is 49.8. The average molecular weight is 1110 g/mol. The number of carbonyl (C=O) groups is 4. The van der Waals surface area contributed by atoms with E-state index in [1.54, 1.807) is 0 Å². The van der Waals surface area contributed by atoms with Gasteiger partial charge in [-0.3, -0.25) is 14.4 Å². The lowest BCUT2D eigenvalue weighted by Gasteiger charge is -2.40. The Balaban J connectivity index is 2.67. The van der Waals surface area contributed by atoms with Gasteiger partial charge in [0.05, 0.1) is 6.61 Å². The number of aliphatic hydroxyl groups excluding tert-OH is 2. The second-order valence-electron chi connectivity index (χ2n) is 21.3. The summed E-state index contributed by atoms with van der Waals surface area (Å²) in [6.45, 7) is 5.77. The second kappa shape index (κ2) is 54.5. The fourth-order valence-corrected chi connectivity index (χ4v) is 9.20. The van der Waals surface area contributed by atoms with E-state index in [9.17, 15) is 34.5 Å². The molecule has 0 radical (unpaired) electrons. The minimum absolute atomic E-state index is 0.0462. The van der Waals surface area contributed by atoms with Crippen molar-refractivity contribution in [2.45, 2.75) is 302 Å². The van der Waals surface area contributed by atoms with Crippen LogP contribution in [-0.4, -0.2) is 89.2 Å². The lowest BCUT2D eigenvalue weighted by molar-refractivity contribution is -0.301. The van der Waals surface area contributed by atoms with Crippen molar-refractivity contribution >= 4 is 23.9 Å². The first-order valence-corrected chi connectivity index (χ1v) is 31.6. The maximum Gasteiger partial charge on any atom is 0.335 e. The Morgan fingerprint density at radius 1 is 0.430 bits per heavy atom. The van der Waals surface area contributed by atoms with Crippen molar-refractivity contribution in [3.8, 4) is 0 Å². The summed E-state index contributed by atoms with van der Waals surface area (Å²) in [5, 5.41) is 31.6. The molecule has 0 amide bonds. The predicted octanol–water partition coefficient (Wildman–Crippen LogP) is 16.7. The molecule has 0 saturated carbocycles. The van der Waals surface area contributed by atoms with Gasteiger partial charge in [0.25, 0.3) is 0 Å². The molecule has 1 aliphatic rings. The molecule has 6 unspecified atom stereocenters. The molecular formula is C67H112O12. The highest BCUT2D eigenvalue weighted by Gasteiger charge is 2.50. The Hall–Kier alpha value is -4.10. The zero-order chi connectivity index (χ0) is 57.5. The summed E-state index contributed by atoms with van der Waals surface area (Å²) in [4.78, 5) is 51.3. The third kappa shape index (κ3) is 44.3. The summed E-state index contributed by atoms with van der Waals surface area (Å²) in [5.74, 6) is -3.14. The number of unbranched alkanes of at least 4 members (excludes halogenated alkanes) is 25. The van der Waals surface area contributed by atoms with Crippen molar-refractivity contribution in [1.29, 1.82) is 0 Å². The Kier molecular flexibility index (Phi) is 50.3. The third-order valence-electron chi connectivity index (χ3n) is 14.0. The molecule has 452 valence electrons. The van der Waals surface area contributed by atoms with Gasteiger partial charge in [-0.2, -0.15) is 0 Å². The van der Waals surface area contributed by atoms with Gasteiger partial charge in [0, 0.05) is 19.3 Å². The molecule has 12 heteroatoms. The van der Waals surface area contributed by atoms with Gasteiger partial charge in [-0.25, -0.2) is 4.79 Å². The van der Waals surface area contributed by atoms with E-state index in [0.29, 0.717) is 19.3 Å². The summed E-state index contributed by atoms with van der Waals surface area (Å²) in [6.07, 6.45) is 58.2. The number of esters is 3. The molecule has 0 aromatic heterocycles. The third-order valence-corrected chi connectivity index (χ3v) is 14.0. The highest BCUT2D eigenvalue weighted by molar-refractivity contribution is 5.74. The Morgan fingerprint density at radius 3 is 1.22 bits per heavy atom. The van der Waals surface area contributed by atoms with Gasteiger partial charge in [-0.15, -0.1) is 0 Å². The molecule has 0 aromatic carbocycles. The van der Waals surface area contributed by atoms with Gasteiger partial charge in [-0.1, -0.05) is 241 Å². The van der Waals surface area contributed by atoms with E-state index >= 15 is 0 Å². The molecule has 0 spiro atoms. The van der Waals surface area contributed by atoms with E-state index in [1.165, 1.54) is 57.8 Å². The fraction of sp³-hybridized carbons (Fsp3) is 0.731. The molecule has 1 heterocycles. The highest BCUT2D eigenvalue weighted by atomic mass is 16.7. The normalized spacial score (nSPS) is 18.4. The largest absolute Gasteiger partial charge is 0.479 e. The molecule has 6 atom stereocenters. The number of hydrogen-bond donors (Lipinski definition) is 3. The van der Waals surface area contributed by atoms with Crippen molar-refractivity contribution in [2.24, 2.45) is 0 Å². The van der Waals surface area contributed by atoms with E-state index < -0.39 is 67.3 Å². The molecule has 1 aliphatic heterocycles. The average Bonchev–Trinajstić information content (AvgIpc) is 3.47. The van der Waals surface area contributed by atoms with Gasteiger partial charge in [0.15, 0.2) is 24.6 Å². The van der Waals surface area contributed by atoms with Crippen molar-refractivity contribution in [1.82, 2.24) is 0 Å². The van der Waals surface area contributed by atoms with Gasteiger partial charge in [0.2, 0.25) is 0 Å². The number of ether oxygens (including phenoxy) is 5. The summed E-state index contributed by atoms with van der Waals surface area (Å²) < 4.78 is 28.5. The quantitative estimate of drug-likeness (QED) is 0.0228. The van der Waals surface area contributed by atoms with Crippen LogP contribution in [0.15, 0.2) is 85.1 Å².